The van der Waals surface area contributed by atoms with Crippen molar-refractivity contribution in [2.24, 2.45) is 0 Å². The maximum Gasteiger partial charge on any atom is 0.304 e. The lowest BCUT2D eigenvalue weighted by atomic mass is 10.2. The Balaban J connectivity index is 4.16. The van der Waals surface area contributed by atoms with Crippen LogP contribution in [0.3, 0.4) is 0 Å². The van der Waals surface area contributed by atoms with Gasteiger partial charge in [0.15, 0.2) is 0 Å². The van der Waals surface area contributed by atoms with Crippen LogP contribution in [0.25, 0.3) is 0 Å². The first-order valence-corrected chi connectivity index (χ1v) is 5.00. The Morgan fingerprint density at radius 3 is 2.13 bits per heavy atom. The normalized spacial score (nSPS) is 10.8. The van der Waals surface area contributed by atoms with Crippen LogP contribution in [0.4, 0.5) is 0 Å². The molecule has 0 bridgehead atoms. The lowest BCUT2D eigenvalue weighted by Gasteiger charge is -2.26. The molecular weight excluding hydrogens is 196 g/mol. The SMILES string of the molecule is CC(C)N(CCC(=O)O)CC(=O)N(C)C. The summed E-state index contributed by atoms with van der Waals surface area (Å²) in [5, 5.41) is 8.57. The molecule has 1 amide bonds. The molecule has 0 fully saturated rings. The summed E-state index contributed by atoms with van der Waals surface area (Å²) >= 11 is 0. The molecule has 0 aromatic heterocycles. The number of carboxylic acids is 1. The number of aliphatic carboxylic acids is 1. The summed E-state index contributed by atoms with van der Waals surface area (Å²) in [6.07, 6.45) is 0.0683. The second-order valence-corrected chi connectivity index (χ2v) is 4.00. The Bertz CT molecular complexity index is 227. The van der Waals surface area contributed by atoms with E-state index < -0.39 is 5.97 Å². The fraction of sp³-hybridized carbons (Fsp3) is 0.800. The van der Waals surface area contributed by atoms with Crippen molar-refractivity contribution in [3.63, 3.8) is 0 Å². The summed E-state index contributed by atoms with van der Waals surface area (Å²) in [5.41, 5.74) is 0. The number of carbonyl (C=O) groups excluding carboxylic acids is 1. The molecule has 0 spiro atoms. The third-order valence-electron chi connectivity index (χ3n) is 2.18. The van der Waals surface area contributed by atoms with Crippen LogP contribution >= 0.6 is 0 Å². The smallest absolute Gasteiger partial charge is 0.304 e. The molecule has 0 aromatic rings. The topological polar surface area (TPSA) is 60.9 Å². The molecule has 0 aliphatic rings. The standard InChI is InChI=1S/C10H20N2O3/c1-8(2)12(6-5-10(14)15)7-9(13)11(3)4/h8H,5-7H2,1-4H3,(H,14,15). The van der Waals surface area contributed by atoms with E-state index in [2.05, 4.69) is 0 Å². The first-order chi connectivity index (χ1) is 6.84. The predicted octanol–water partition coefficient (Wildman–Crippen LogP) is 0.260. The van der Waals surface area contributed by atoms with Crippen LogP contribution in [0.15, 0.2) is 0 Å². The number of nitrogens with zero attached hydrogens (tertiary/aromatic N) is 2. The Kier molecular flexibility index (Phi) is 5.93. The fourth-order valence-corrected chi connectivity index (χ4v) is 1.07. The van der Waals surface area contributed by atoms with E-state index in [1.54, 1.807) is 14.1 Å². The highest BCUT2D eigenvalue weighted by molar-refractivity contribution is 5.77. The largest absolute Gasteiger partial charge is 0.481 e. The molecule has 5 heteroatoms. The molecule has 15 heavy (non-hydrogen) atoms. The second kappa shape index (κ2) is 6.40. The zero-order valence-electron chi connectivity index (χ0n) is 9.86. The Hall–Kier alpha value is -1.10. The van der Waals surface area contributed by atoms with Crippen molar-refractivity contribution in [3.8, 4) is 0 Å². The predicted molar refractivity (Wildman–Crippen MR) is 57.7 cm³/mol. The van der Waals surface area contributed by atoms with E-state index in [4.69, 9.17) is 5.11 Å². The zero-order valence-corrected chi connectivity index (χ0v) is 9.86. The number of likely N-dealkylation sites (N-methyl/N-ethyl adjacent to an activating group) is 1. The molecule has 0 aliphatic carbocycles. The van der Waals surface area contributed by atoms with Gasteiger partial charge in [-0.1, -0.05) is 0 Å². The monoisotopic (exact) mass is 216 g/mol. The van der Waals surface area contributed by atoms with Gasteiger partial charge < -0.3 is 10.0 Å². The molecule has 0 saturated carbocycles. The van der Waals surface area contributed by atoms with E-state index in [0.29, 0.717) is 6.54 Å². The van der Waals surface area contributed by atoms with Gasteiger partial charge in [-0.3, -0.25) is 14.5 Å². The van der Waals surface area contributed by atoms with Crippen LogP contribution in [0.2, 0.25) is 0 Å². The first kappa shape index (κ1) is 13.9. The van der Waals surface area contributed by atoms with E-state index in [1.807, 2.05) is 18.7 Å². The summed E-state index contributed by atoms with van der Waals surface area (Å²) in [6.45, 7) is 4.58. The molecule has 88 valence electrons. The number of hydrogen-bond donors (Lipinski definition) is 1. The molecule has 0 aliphatic heterocycles. The van der Waals surface area contributed by atoms with E-state index >= 15 is 0 Å². The van der Waals surface area contributed by atoms with Crippen LogP contribution in [0.5, 0.6) is 0 Å². The first-order valence-electron chi connectivity index (χ1n) is 5.00. The molecule has 0 aromatic carbocycles. The molecule has 0 unspecified atom stereocenters. The van der Waals surface area contributed by atoms with Gasteiger partial charge in [-0.25, -0.2) is 0 Å². The van der Waals surface area contributed by atoms with Gasteiger partial charge >= 0.3 is 5.97 Å². The maximum atomic E-state index is 11.4. The molecular formula is C10H20N2O3. The third kappa shape index (κ3) is 6.06. The van der Waals surface area contributed by atoms with Crippen LogP contribution in [-0.4, -0.2) is 60.0 Å². The Labute approximate surface area is 90.7 Å². The highest BCUT2D eigenvalue weighted by Gasteiger charge is 2.15. The average molecular weight is 216 g/mol. The fourth-order valence-electron chi connectivity index (χ4n) is 1.07. The van der Waals surface area contributed by atoms with Gasteiger partial charge in [-0.15, -0.1) is 0 Å². The minimum absolute atomic E-state index is 0.00547. The number of amides is 1. The summed E-state index contributed by atoms with van der Waals surface area (Å²) in [4.78, 5) is 25.2. The molecule has 0 radical (unpaired) electrons. The molecule has 0 saturated heterocycles. The Morgan fingerprint density at radius 2 is 1.80 bits per heavy atom. The zero-order chi connectivity index (χ0) is 12.0. The minimum Gasteiger partial charge on any atom is -0.481 e. The van der Waals surface area contributed by atoms with Gasteiger partial charge in [0.1, 0.15) is 0 Å². The summed E-state index contributed by atoms with van der Waals surface area (Å²) in [7, 11) is 3.38. The van der Waals surface area contributed by atoms with Gasteiger partial charge in [0, 0.05) is 26.7 Å². The number of carbonyl (C=O) groups is 2. The summed E-state index contributed by atoms with van der Waals surface area (Å²) < 4.78 is 0. The van der Waals surface area contributed by atoms with Gasteiger partial charge in [-0.2, -0.15) is 0 Å². The van der Waals surface area contributed by atoms with Gasteiger partial charge in [-0.05, 0) is 13.8 Å². The van der Waals surface area contributed by atoms with Gasteiger partial charge in [0.2, 0.25) is 5.91 Å². The van der Waals surface area contributed by atoms with Crippen LogP contribution in [0.1, 0.15) is 20.3 Å². The van der Waals surface area contributed by atoms with Crippen LogP contribution in [-0.2, 0) is 9.59 Å². The van der Waals surface area contributed by atoms with Gasteiger partial charge in [0.05, 0.1) is 13.0 Å². The van der Waals surface area contributed by atoms with E-state index in [9.17, 15) is 9.59 Å². The van der Waals surface area contributed by atoms with Crippen molar-refractivity contribution in [3.05, 3.63) is 0 Å². The highest BCUT2D eigenvalue weighted by Crippen LogP contribution is 2.00. The van der Waals surface area contributed by atoms with E-state index in [1.165, 1.54) is 4.90 Å². The second-order valence-electron chi connectivity index (χ2n) is 4.00. The van der Waals surface area contributed by atoms with Gasteiger partial charge in [0.25, 0.3) is 0 Å². The quantitative estimate of drug-likeness (QED) is 0.692. The summed E-state index contributed by atoms with van der Waals surface area (Å²) in [6, 6.07) is 0.174. The molecule has 0 atom stereocenters. The van der Waals surface area contributed by atoms with Crippen molar-refractivity contribution in [2.75, 3.05) is 27.2 Å². The molecule has 0 heterocycles. The molecule has 0 rings (SSSR count). The van der Waals surface area contributed by atoms with E-state index in [0.717, 1.165) is 0 Å². The number of rotatable bonds is 6. The Morgan fingerprint density at radius 1 is 1.27 bits per heavy atom. The van der Waals surface area contributed by atoms with Crippen molar-refractivity contribution in [1.82, 2.24) is 9.80 Å². The number of carboxylic acid groups (broad SMARTS) is 1. The third-order valence-corrected chi connectivity index (χ3v) is 2.18. The highest BCUT2D eigenvalue weighted by atomic mass is 16.4. The van der Waals surface area contributed by atoms with Crippen molar-refractivity contribution in [1.29, 1.82) is 0 Å². The number of hydrogen-bond acceptors (Lipinski definition) is 3. The van der Waals surface area contributed by atoms with Crippen molar-refractivity contribution >= 4 is 11.9 Å². The van der Waals surface area contributed by atoms with E-state index in [-0.39, 0.29) is 24.9 Å². The summed E-state index contributed by atoms with van der Waals surface area (Å²) in [5.74, 6) is -0.841. The molecule has 1 N–H and O–H groups in total. The van der Waals surface area contributed by atoms with Crippen LogP contribution in [0, 0.1) is 0 Å². The van der Waals surface area contributed by atoms with Crippen molar-refractivity contribution < 1.29 is 14.7 Å². The van der Waals surface area contributed by atoms with Crippen LogP contribution < -0.4 is 0 Å². The lowest BCUT2D eigenvalue weighted by Crippen LogP contribution is -2.41. The minimum atomic E-state index is -0.835. The molecule has 5 nitrogen and oxygen atoms in total. The van der Waals surface area contributed by atoms with Crippen molar-refractivity contribution in [2.45, 2.75) is 26.3 Å². The maximum absolute atomic E-state index is 11.4. The average Bonchev–Trinajstić information content (AvgIpc) is 2.10. The lowest BCUT2D eigenvalue weighted by molar-refractivity contribution is -0.138.